The van der Waals surface area contributed by atoms with Crippen molar-refractivity contribution in [3.8, 4) is 0 Å². The fraction of sp³-hybridized carbons (Fsp3) is 0.857. The topological polar surface area (TPSA) is 82.1 Å². The minimum Gasteiger partial charge on any atom is -0.480 e. The highest BCUT2D eigenvalue weighted by Gasteiger charge is 2.28. The van der Waals surface area contributed by atoms with Crippen LogP contribution in [0.4, 0.5) is 4.79 Å². The number of carbonyl (C=O) groups is 2. The molecule has 1 saturated carbocycles. The van der Waals surface area contributed by atoms with Gasteiger partial charge in [-0.3, -0.25) is 9.69 Å². The molecule has 21 heavy (non-hydrogen) atoms. The van der Waals surface area contributed by atoms with Crippen LogP contribution >= 0.6 is 0 Å². The van der Waals surface area contributed by atoms with Crippen molar-refractivity contribution < 1.29 is 19.4 Å². The fourth-order valence-electron chi connectivity index (χ4n) is 2.98. The zero-order valence-corrected chi connectivity index (χ0v) is 12.4. The van der Waals surface area contributed by atoms with Crippen LogP contribution in [-0.4, -0.2) is 78.9 Å². The van der Waals surface area contributed by atoms with Gasteiger partial charge in [-0.15, -0.1) is 0 Å². The van der Waals surface area contributed by atoms with E-state index in [1.807, 2.05) is 0 Å². The van der Waals surface area contributed by atoms with E-state index < -0.39 is 5.97 Å². The molecule has 2 rings (SSSR count). The molecule has 0 bridgehead atoms. The zero-order chi connectivity index (χ0) is 15.1. The third-order valence-corrected chi connectivity index (χ3v) is 4.14. The average molecular weight is 299 g/mol. The summed E-state index contributed by atoms with van der Waals surface area (Å²) < 4.78 is 5.27. The molecule has 1 heterocycles. The van der Waals surface area contributed by atoms with Crippen molar-refractivity contribution in [2.45, 2.75) is 31.7 Å². The van der Waals surface area contributed by atoms with Crippen LogP contribution in [0.25, 0.3) is 0 Å². The number of hydrogen-bond donors (Lipinski definition) is 2. The molecule has 1 saturated heterocycles. The van der Waals surface area contributed by atoms with Gasteiger partial charge in [0.1, 0.15) is 6.54 Å². The smallest absolute Gasteiger partial charge is 0.323 e. The largest absolute Gasteiger partial charge is 0.480 e. The van der Waals surface area contributed by atoms with E-state index in [4.69, 9.17) is 9.84 Å². The lowest BCUT2D eigenvalue weighted by Gasteiger charge is -2.29. The molecule has 120 valence electrons. The number of carbonyl (C=O) groups excluding carboxylic acids is 1. The Morgan fingerprint density at radius 2 is 1.90 bits per heavy atom. The highest BCUT2D eigenvalue weighted by Crippen LogP contribution is 2.23. The maximum absolute atomic E-state index is 12.2. The second-order valence-electron chi connectivity index (χ2n) is 5.65. The molecule has 2 N–H and O–H groups in total. The second kappa shape index (κ2) is 8.19. The number of ether oxygens (including phenoxy) is 1. The third-order valence-electron chi connectivity index (χ3n) is 4.14. The number of nitrogens with zero attached hydrogens (tertiary/aromatic N) is 2. The van der Waals surface area contributed by atoms with Crippen molar-refractivity contribution in [3.63, 3.8) is 0 Å². The fourth-order valence-corrected chi connectivity index (χ4v) is 2.98. The summed E-state index contributed by atoms with van der Waals surface area (Å²) in [7, 11) is 0. The monoisotopic (exact) mass is 299 g/mol. The molecule has 7 nitrogen and oxygen atoms in total. The summed E-state index contributed by atoms with van der Waals surface area (Å²) in [4.78, 5) is 26.9. The van der Waals surface area contributed by atoms with Crippen molar-refractivity contribution in [3.05, 3.63) is 0 Å². The van der Waals surface area contributed by atoms with E-state index in [9.17, 15) is 9.59 Å². The van der Waals surface area contributed by atoms with E-state index >= 15 is 0 Å². The minimum absolute atomic E-state index is 0.0736. The van der Waals surface area contributed by atoms with Gasteiger partial charge in [-0.05, 0) is 12.8 Å². The van der Waals surface area contributed by atoms with E-state index in [2.05, 4.69) is 10.2 Å². The Hall–Kier alpha value is -1.34. The van der Waals surface area contributed by atoms with Gasteiger partial charge >= 0.3 is 12.0 Å². The number of carboxylic acids is 1. The Kier molecular flexibility index (Phi) is 6.25. The number of aliphatic carboxylic acids is 1. The van der Waals surface area contributed by atoms with Gasteiger partial charge in [0.15, 0.2) is 0 Å². The van der Waals surface area contributed by atoms with Crippen molar-refractivity contribution in [1.82, 2.24) is 15.1 Å². The lowest BCUT2D eigenvalue weighted by Crippen LogP contribution is -2.49. The van der Waals surface area contributed by atoms with Crippen LogP contribution in [-0.2, 0) is 9.53 Å². The molecule has 7 heteroatoms. The van der Waals surface area contributed by atoms with Crippen LogP contribution in [0.1, 0.15) is 25.7 Å². The van der Waals surface area contributed by atoms with E-state index in [-0.39, 0.29) is 18.6 Å². The number of hydrogen-bond acceptors (Lipinski definition) is 4. The van der Waals surface area contributed by atoms with Crippen molar-refractivity contribution in [2.75, 3.05) is 45.9 Å². The molecule has 1 aliphatic heterocycles. The van der Waals surface area contributed by atoms with Crippen LogP contribution in [0.3, 0.4) is 0 Å². The minimum atomic E-state index is -0.953. The van der Waals surface area contributed by atoms with Crippen molar-refractivity contribution >= 4 is 12.0 Å². The normalized spacial score (nSPS) is 20.4. The number of rotatable bonds is 6. The molecule has 2 fully saturated rings. The molecule has 1 aliphatic carbocycles. The van der Waals surface area contributed by atoms with E-state index in [1.165, 1.54) is 4.90 Å². The summed E-state index contributed by atoms with van der Waals surface area (Å²) in [6, 6.07) is -0.179. The lowest BCUT2D eigenvalue weighted by molar-refractivity contribution is -0.138. The SMILES string of the molecule is O=C(O)CN(C(=O)NCCN1CCOCC1)C1CCCC1. The van der Waals surface area contributed by atoms with Crippen LogP contribution in [0.5, 0.6) is 0 Å². The molecule has 2 amide bonds. The standard InChI is InChI=1S/C14H25N3O4/c18-13(19)11-17(12-3-1-2-4-12)14(20)15-5-6-16-7-9-21-10-8-16/h12H,1-11H2,(H,15,20)(H,18,19). The summed E-state index contributed by atoms with van der Waals surface area (Å²) in [5, 5.41) is 11.8. The summed E-state index contributed by atoms with van der Waals surface area (Å²) in [5.41, 5.74) is 0. The van der Waals surface area contributed by atoms with E-state index in [0.717, 1.165) is 58.5 Å². The summed E-state index contributed by atoms with van der Waals surface area (Å²) >= 11 is 0. The maximum atomic E-state index is 12.2. The third kappa shape index (κ3) is 5.17. The van der Waals surface area contributed by atoms with E-state index in [1.54, 1.807) is 0 Å². The Labute approximate surface area is 125 Å². The molecule has 0 unspecified atom stereocenters. The predicted molar refractivity (Wildman–Crippen MR) is 77.3 cm³/mol. The average Bonchev–Trinajstić information content (AvgIpc) is 2.99. The van der Waals surface area contributed by atoms with Gasteiger partial charge in [-0.2, -0.15) is 0 Å². The van der Waals surface area contributed by atoms with Crippen molar-refractivity contribution in [1.29, 1.82) is 0 Å². The number of carboxylic acid groups (broad SMARTS) is 1. The molecule has 0 radical (unpaired) electrons. The highest BCUT2D eigenvalue weighted by atomic mass is 16.5. The lowest BCUT2D eigenvalue weighted by atomic mass is 10.2. The van der Waals surface area contributed by atoms with Gasteiger partial charge in [-0.1, -0.05) is 12.8 Å². The summed E-state index contributed by atoms with van der Waals surface area (Å²) in [6.45, 7) is 4.35. The first-order valence-electron chi connectivity index (χ1n) is 7.73. The highest BCUT2D eigenvalue weighted by molar-refractivity contribution is 5.80. The molecule has 0 atom stereocenters. The van der Waals surface area contributed by atoms with Gasteiger partial charge in [0.05, 0.1) is 13.2 Å². The molecule has 2 aliphatic rings. The number of morpholine rings is 1. The first-order valence-corrected chi connectivity index (χ1v) is 7.73. The molecule has 0 aromatic heterocycles. The predicted octanol–water partition coefficient (Wildman–Crippen LogP) is 0.357. The molecule has 0 aromatic carbocycles. The maximum Gasteiger partial charge on any atom is 0.323 e. The van der Waals surface area contributed by atoms with Gasteiger partial charge in [-0.25, -0.2) is 4.79 Å². The first kappa shape index (κ1) is 16.0. The van der Waals surface area contributed by atoms with Gasteiger partial charge in [0, 0.05) is 32.2 Å². The first-order chi connectivity index (χ1) is 10.2. The van der Waals surface area contributed by atoms with Crippen LogP contribution in [0.15, 0.2) is 0 Å². The number of amides is 2. The van der Waals surface area contributed by atoms with Gasteiger partial charge in [0.25, 0.3) is 0 Å². The Bertz CT molecular complexity index is 352. The summed E-state index contributed by atoms with van der Waals surface area (Å²) in [6.07, 6.45) is 3.96. The molecule has 0 aromatic rings. The van der Waals surface area contributed by atoms with Gasteiger partial charge < -0.3 is 20.1 Å². The van der Waals surface area contributed by atoms with Crippen LogP contribution in [0, 0.1) is 0 Å². The quantitative estimate of drug-likeness (QED) is 0.740. The van der Waals surface area contributed by atoms with Crippen molar-refractivity contribution in [2.24, 2.45) is 0 Å². The van der Waals surface area contributed by atoms with E-state index in [0.29, 0.717) is 6.54 Å². The number of urea groups is 1. The van der Waals surface area contributed by atoms with Gasteiger partial charge in [0.2, 0.25) is 0 Å². The Balaban J connectivity index is 1.75. The zero-order valence-electron chi connectivity index (χ0n) is 12.4. The Morgan fingerprint density at radius 1 is 1.24 bits per heavy atom. The second-order valence-corrected chi connectivity index (χ2v) is 5.65. The van der Waals surface area contributed by atoms with Crippen LogP contribution < -0.4 is 5.32 Å². The molecular weight excluding hydrogens is 274 g/mol. The summed E-state index contributed by atoms with van der Waals surface area (Å²) in [5.74, 6) is -0.953. The van der Waals surface area contributed by atoms with Crippen LogP contribution in [0.2, 0.25) is 0 Å². The molecular formula is C14H25N3O4. The molecule has 0 spiro atoms. The number of nitrogens with one attached hydrogen (secondary N) is 1. The Morgan fingerprint density at radius 3 is 2.52 bits per heavy atom.